The fourth-order valence-electron chi connectivity index (χ4n) is 2.50. The van der Waals surface area contributed by atoms with E-state index >= 15 is 0 Å². The number of anilines is 1. The number of rotatable bonds is 6. The number of carbonyl (C=O) groups is 1. The lowest BCUT2D eigenvalue weighted by atomic mass is 10.1. The molecule has 6 heteroatoms. The standard InChI is InChI=1S/C23H16FIN2O2/c24-20-6-2-1-5-17(20)15-29-19-11-9-16(10-12-19)13-18(14-26)23(28)27-22-8-4-3-7-21(22)25/h1-13H,15H2,(H,27,28)/b18-13-. The molecule has 3 rings (SSSR count). The molecule has 144 valence electrons. The topological polar surface area (TPSA) is 62.1 Å². The van der Waals surface area contributed by atoms with Crippen LogP contribution in [0.25, 0.3) is 6.08 Å². The van der Waals surface area contributed by atoms with Crippen LogP contribution in [0.1, 0.15) is 11.1 Å². The number of benzene rings is 3. The lowest BCUT2D eigenvalue weighted by Gasteiger charge is -2.08. The first-order chi connectivity index (χ1) is 14.1. The van der Waals surface area contributed by atoms with Gasteiger partial charge < -0.3 is 10.1 Å². The van der Waals surface area contributed by atoms with Gasteiger partial charge in [0.15, 0.2) is 0 Å². The van der Waals surface area contributed by atoms with Gasteiger partial charge in [-0.1, -0.05) is 42.5 Å². The summed E-state index contributed by atoms with van der Waals surface area (Å²) in [7, 11) is 0. The Morgan fingerprint density at radius 2 is 1.76 bits per heavy atom. The van der Waals surface area contributed by atoms with Crippen LogP contribution in [0.2, 0.25) is 0 Å². The number of halogens is 2. The first-order valence-corrected chi connectivity index (χ1v) is 9.78. The second kappa shape index (κ2) is 9.85. The molecule has 0 saturated heterocycles. The summed E-state index contributed by atoms with van der Waals surface area (Å²) in [4.78, 5) is 12.4. The summed E-state index contributed by atoms with van der Waals surface area (Å²) >= 11 is 2.12. The highest BCUT2D eigenvalue weighted by Gasteiger charge is 2.11. The summed E-state index contributed by atoms with van der Waals surface area (Å²) in [6.45, 7) is 0.115. The molecule has 0 aromatic heterocycles. The van der Waals surface area contributed by atoms with Gasteiger partial charge in [-0.2, -0.15) is 5.26 Å². The van der Waals surface area contributed by atoms with E-state index in [0.29, 0.717) is 22.6 Å². The molecular formula is C23H16FIN2O2. The molecule has 3 aromatic carbocycles. The molecule has 29 heavy (non-hydrogen) atoms. The van der Waals surface area contributed by atoms with Gasteiger partial charge in [0.05, 0.1) is 5.69 Å². The molecule has 0 bridgehead atoms. The number of ether oxygens (including phenoxy) is 1. The van der Waals surface area contributed by atoms with Crippen LogP contribution in [0, 0.1) is 20.7 Å². The van der Waals surface area contributed by atoms with Gasteiger partial charge >= 0.3 is 0 Å². The Bertz CT molecular complexity index is 1090. The number of para-hydroxylation sites is 1. The van der Waals surface area contributed by atoms with E-state index in [0.717, 1.165) is 3.57 Å². The van der Waals surface area contributed by atoms with Gasteiger partial charge in [-0.3, -0.25) is 4.79 Å². The monoisotopic (exact) mass is 498 g/mol. The van der Waals surface area contributed by atoms with Crippen LogP contribution < -0.4 is 10.1 Å². The highest BCUT2D eigenvalue weighted by atomic mass is 127. The largest absolute Gasteiger partial charge is 0.489 e. The van der Waals surface area contributed by atoms with Gasteiger partial charge in [-0.25, -0.2) is 4.39 Å². The van der Waals surface area contributed by atoms with Crippen LogP contribution in [0.15, 0.2) is 78.4 Å². The molecule has 0 saturated carbocycles. The highest BCUT2D eigenvalue weighted by molar-refractivity contribution is 14.1. The predicted octanol–water partition coefficient (Wildman–Crippen LogP) is 5.55. The lowest BCUT2D eigenvalue weighted by Crippen LogP contribution is -2.14. The first kappa shape index (κ1) is 20.6. The summed E-state index contributed by atoms with van der Waals surface area (Å²) in [5, 5.41) is 12.1. The maximum absolute atomic E-state index is 13.6. The van der Waals surface area contributed by atoms with Crippen molar-refractivity contribution in [3.63, 3.8) is 0 Å². The van der Waals surface area contributed by atoms with Crippen molar-refractivity contribution >= 4 is 40.3 Å². The van der Waals surface area contributed by atoms with Crippen molar-refractivity contribution in [2.24, 2.45) is 0 Å². The molecule has 0 radical (unpaired) electrons. The summed E-state index contributed by atoms with van der Waals surface area (Å²) in [6, 6.07) is 22.6. The number of hydrogen-bond acceptors (Lipinski definition) is 3. The predicted molar refractivity (Wildman–Crippen MR) is 119 cm³/mol. The molecule has 0 unspecified atom stereocenters. The number of nitriles is 1. The second-order valence-corrected chi connectivity index (χ2v) is 7.22. The van der Waals surface area contributed by atoms with E-state index in [1.807, 2.05) is 24.3 Å². The van der Waals surface area contributed by atoms with E-state index in [4.69, 9.17) is 4.74 Å². The van der Waals surface area contributed by atoms with Crippen molar-refractivity contribution in [2.75, 3.05) is 5.32 Å². The third-order valence-electron chi connectivity index (χ3n) is 4.03. The van der Waals surface area contributed by atoms with Crippen LogP contribution in [-0.4, -0.2) is 5.91 Å². The zero-order valence-corrected chi connectivity index (χ0v) is 17.4. The second-order valence-electron chi connectivity index (χ2n) is 6.05. The van der Waals surface area contributed by atoms with Gasteiger partial charge in [0.25, 0.3) is 5.91 Å². The highest BCUT2D eigenvalue weighted by Crippen LogP contribution is 2.20. The Kier molecular flexibility index (Phi) is 6.98. The van der Waals surface area contributed by atoms with Crippen molar-refractivity contribution in [2.45, 2.75) is 6.61 Å². The Labute approximate surface area is 181 Å². The zero-order valence-electron chi connectivity index (χ0n) is 15.2. The van der Waals surface area contributed by atoms with Crippen molar-refractivity contribution in [3.8, 4) is 11.8 Å². The molecule has 4 nitrogen and oxygen atoms in total. The van der Waals surface area contributed by atoms with Crippen LogP contribution in [0.5, 0.6) is 5.75 Å². The molecule has 3 aromatic rings. The van der Waals surface area contributed by atoms with E-state index in [1.54, 1.807) is 48.5 Å². The summed E-state index contributed by atoms with van der Waals surface area (Å²) in [6.07, 6.45) is 1.51. The number of nitrogens with one attached hydrogen (secondary N) is 1. The van der Waals surface area contributed by atoms with E-state index in [2.05, 4.69) is 27.9 Å². The fraction of sp³-hybridized carbons (Fsp3) is 0.0435. The molecule has 0 heterocycles. The molecule has 0 aliphatic heterocycles. The third kappa shape index (κ3) is 5.65. The summed E-state index contributed by atoms with van der Waals surface area (Å²) < 4.78 is 20.1. The average Bonchev–Trinajstić information content (AvgIpc) is 2.74. The minimum atomic E-state index is -0.475. The quantitative estimate of drug-likeness (QED) is 0.275. The third-order valence-corrected chi connectivity index (χ3v) is 4.97. The van der Waals surface area contributed by atoms with Gasteiger partial charge in [0.2, 0.25) is 0 Å². The zero-order chi connectivity index (χ0) is 20.6. The van der Waals surface area contributed by atoms with E-state index in [-0.39, 0.29) is 18.0 Å². The molecule has 1 N–H and O–H groups in total. The fourth-order valence-corrected chi connectivity index (χ4v) is 3.03. The molecule has 0 atom stereocenters. The first-order valence-electron chi connectivity index (χ1n) is 8.71. The average molecular weight is 498 g/mol. The number of nitrogens with zero attached hydrogens (tertiary/aromatic N) is 1. The molecule has 0 aliphatic rings. The van der Waals surface area contributed by atoms with E-state index in [9.17, 15) is 14.4 Å². The Morgan fingerprint density at radius 1 is 1.07 bits per heavy atom. The molecule has 0 fully saturated rings. The van der Waals surface area contributed by atoms with Gasteiger partial charge in [0, 0.05) is 9.13 Å². The minimum Gasteiger partial charge on any atom is -0.489 e. The van der Waals surface area contributed by atoms with Gasteiger partial charge in [-0.05, 0) is 64.6 Å². The maximum Gasteiger partial charge on any atom is 0.266 e. The van der Waals surface area contributed by atoms with Crippen molar-refractivity contribution in [3.05, 3.63) is 98.9 Å². The van der Waals surface area contributed by atoms with E-state index in [1.165, 1.54) is 12.1 Å². The maximum atomic E-state index is 13.6. The van der Waals surface area contributed by atoms with Crippen LogP contribution in [-0.2, 0) is 11.4 Å². The number of amides is 1. The summed E-state index contributed by atoms with van der Waals surface area (Å²) in [5.41, 5.74) is 1.79. The number of carbonyl (C=O) groups excluding carboxylic acids is 1. The molecular weight excluding hydrogens is 482 g/mol. The summed E-state index contributed by atoms with van der Waals surface area (Å²) in [5.74, 6) is -0.228. The molecule has 1 amide bonds. The minimum absolute atomic E-state index is 0.00956. The van der Waals surface area contributed by atoms with Crippen molar-refractivity contribution in [1.29, 1.82) is 5.26 Å². The normalized spacial score (nSPS) is 10.9. The Balaban J connectivity index is 1.67. The Morgan fingerprint density at radius 3 is 2.45 bits per heavy atom. The van der Waals surface area contributed by atoms with Crippen LogP contribution >= 0.6 is 22.6 Å². The van der Waals surface area contributed by atoms with Gasteiger partial charge in [-0.15, -0.1) is 0 Å². The van der Waals surface area contributed by atoms with Gasteiger partial charge in [0.1, 0.15) is 29.8 Å². The van der Waals surface area contributed by atoms with Crippen LogP contribution in [0.4, 0.5) is 10.1 Å². The SMILES string of the molecule is N#C/C(=C/c1ccc(OCc2ccccc2F)cc1)C(=O)Nc1ccccc1I. The molecule has 0 aliphatic carbocycles. The van der Waals surface area contributed by atoms with Crippen molar-refractivity contribution < 1.29 is 13.9 Å². The van der Waals surface area contributed by atoms with E-state index < -0.39 is 5.91 Å². The number of hydrogen-bond donors (Lipinski definition) is 1. The molecule has 0 spiro atoms. The Hall–Kier alpha value is -3.18. The smallest absolute Gasteiger partial charge is 0.266 e. The van der Waals surface area contributed by atoms with Crippen molar-refractivity contribution in [1.82, 2.24) is 0 Å². The van der Waals surface area contributed by atoms with Crippen LogP contribution in [0.3, 0.4) is 0 Å². The lowest BCUT2D eigenvalue weighted by molar-refractivity contribution is -0.112.